The van der Waals surface area contributed by atoms with Gasteiger partial charge in [-0.3, -0.25) is 4.79 Å². The van der Waals surface area contributed by atoms with Crippen molar-refractivity contribution in [2.45, 2.75) is 20.0 Å². The van der Waals surface area contributed by atoms with E-state index in [0.29, 0.717) is 18.1 Å². The van der Waals surface area contributed by atoms with Gasteiger partial charge in [-0.05, 0) is 56.3 Å². The highest BCUT2D eigenvalue weighted by molar-refractivity contribution is 9.10. The SMILES string of the molecule is CCOc1ccc(Br)cc1/C=N\NC(=O)[C@H](C)Oc1ccc(Br)cc1. The van der Waals surface area contributed by atoms with E-state index in [1.807, 2.05) is 37.3 Å². The third kappa shape index (κ3) is 6.17. The summed E-state index contributed by atoms with van der Waals surface area (Å²) in [4.78, 5) is 12.1. The van der Waals surface area contributed by atoms with Crippen molar-refractivity contribution < 1.29 is 14.3 Å². The van der Waals surface area contributed by atoms with Crippen LogP contribution in [0.25, 0.3) is 0 Å². The van der Waals surface area contributed by atoms with E-state index in [2.05, 4.69) is 42.4 Å². The predicted octanol–water partition coefficient (Wildman–Crippen LogP) is 4.53. The van der Waals surface area contributed by atoms with Gasteiger partial charge in [0, 0.05) is 14.5 Å². The van der Waals surface area contributed by atoms with Crippen molar-refractivity contribution in [3.05, 3.63) is 57.0 Å². The lowest BCUT2D eigenvalue weighted by Crippen LogP contribution is -2.33. The van der Waals surface area contributed by atoms with Crippen molar-refractivity contribution in [3.8, 4) is 11.5 Å². The van der Waals surface area contributed by atoms with Crippen molar-refractivity contribution in [3.63, 3.8) is 0 Å². The van der Waals surface area contributed by atoms with E-state index >= 15 is 0 Å². The number of rotatable bonds is 7. The fraction of sp³-hybridized carbons (Fsp3) is 0.222. The Hall–Kier alpha value is -1.86. The summed E-state index contributed by atoms with van der Waals surface area (Å²) in [6.07, 6.45) is 0.868. The maximum Gasteiger partial charge on any atom is 0.280 e. The van der Waals surface area contributed by atoms with E-state index in [1.165, 1.54) is 0 Å². The number of nitrogens with zero attached hydrogens (tertiary/aromatic N) is 1. The fourth-order valence-electron chi connectivity index (χ4n) is 1.93. The molecule has 0 spiro atoms. The van der Waals surface area contributed by atoms with Crippen molar-refractivity contribution in [1.29, 1.82) is 0 Å². The Bertz CT molecular complexity index is 748. The largest absolute Gasteiger partial charge is 0.493 e. The number of hydrogen-bond donors (Lipinski definition) is 1. The molecule has 132 valence electrons. The molecule has 0 saturated carbocycles. The molecule has 0 unspecified atom stereocenters. The molecule has 0 saturated heterocycles. The third-order valence-corrected chi connectivity index (χ3v) is 4.17. The molecule has 2 aromatic rings. The summed E-state index contributed by atoms with van der Waals surface area (Å²) in [6.45, 7) is 4.12. The van der Waals surface area contributed by atoms with Gasteiger partial charge in [0.25, 0.3) is 5.91 Å². The van der Waals surface area contributed by atoms with Crippen LogP contribution in [0.4, 0.5) is 0 Å². The van der Waals surface area contributed by atoms with Gasteiger partial charge in [0.1, 0.15) is 11.5 Å². The van der Waals surface area contributed by atoms with Crippen molar-refractivity contribution in [1.82, 2.24) is 5.43 Å². The maximum atomic E-state index is 12.1. The molecule has 1 amide bonds. The lowest BCUT2D eigenvalue weighted by Gasteiger charge is -2.13. The second-order valence-corrected chi connectivity index (χ2v) is 6.89. The molecule has 2 rings (SSSR count). The molecule has 0 aromatic heterocycles. The molecule has 1 N–H and O–H groups in total. The molecular formula is C18H18Br2N2O3. The molecule has 0 radical (unpaired) electrons. The monoisotopic (exact) mass is 468 g/mol. The minimum absolute atomic E-state index is 0.341. The lowest BCUT2D eigenvalue weighted by molar-refractivity contribution is -0.127. The van der Waals surface area contributed by atoms with Crippen molar-refractivity contribution in [2.24, 2.45) is 5.10 Å². The fourth-order valence-corrected chi connectivity index (χ4v) is 2.58. The van der Waals surface area contributed by atoms with E-state index < -0.39 is 6.10 Å². The summed E-state index contributed by atoms with van der Waals surface area (Å²) in [6, 6.07) is 12.9. The standard InChI is InChI=1S/C18H18Br2N2O3/c1-3-24-17-9-6-15(20)10-13(17)11-21-22-18(23)12(2)25-16-7-4-14(19)5-8-16/h4-12H,3H2,1-2H3,(H,22,23)/b21-11-/t12-/m0/s1. The van der Waals surface area contributed by atoms with Crippen LogP contribution < -0.4 is 14.9 Å². The smallest absolute Gasteiger partial charge is 0.280 e. The van der Waals surface area contributed by atoms with Crippen LogP contribution in [0.15, 0.2) is 56.5 Å². The second-order valence-electron chi connectivity index (χ2n) is 5.06. The van der Waals surface area contributed by atoms with Crippen LogP contribution in [-0.4, -0.2) is 24.8 Å². The highest BCUT2D eigenvalue weighted by Crippen LogP contribution is 2.21. The summed E-state index contributed by atoms with van der Waals surface area (Å²) in [5, 5.41) is 3.99. The van der Waals surface area contributed by atoms with Gasteiger partial charge in [-0.25, -0.2) is 5.43 Å². The van der Waals surface area contributed by atoms with Crippen LogP contribution in [0.2, 0.25) is 0 Å². The molecule has 0 aliphatic carbocycles. The summed E-state index contributed by atoms with van der Waals surface area (Å²) < 4.78 is 13.0. The van der Waals surface area contributed by atoms with Gasteiger partial charge in [0.05, 0.1) is 12.8 Å². The van der Waals surface area contributed by atoms with E-state index in [4.69, 9.17) is 9.47 Å². The Morgan fingerprint density at radius 1 is 1.20 bits per heavy atom. The normalized spacial score (nSPS) is 12.0. The summed E-state index contributed by atoms with van der Waals surface area (Å²) in [5.74, 6) is 0.968. The molecule has 1 atom stereocenters. The van der Waals surface area contributed by atoms with Gasteiger partial charge >= 0.3 is 0 Å². The van der Waals surface area contributed by atoms with Crippen molar-refractivity contribution >= 4 is 44.0 Å². The van der Waals surface area contributed by atoms with E-state index in [0.717, 1.165) is 14.5 Å². The van der Waals surface area contributed by atoms with Crippen LogP contribution >= 0.6 is 31.9 Å². The highest BCUT2D eigenvalue weighted by atomic mass is 79.9. The maximum absolute atomic E-state index is 12.1. The molecule has 0 fully saturated rings. The highest BCUT2D eigenvalue weighted by Gasteiger charge is 2.14. The van der Waals surface area contributed by atoms with Gasteiger partial charge in [0.15, 0.2) is 6.10 Å². The van der Waals surface area contributed by atoms with Crippen LogP contribution in [-0.2, 0) is 4.79 Å². The number of ether oxygens (including phenoxy) is 2. The summed E-state index contributed by atoms with van der Waals surface area (Å²) >= 11 is 6.76. The third-order valence-electron chi connectivity index (χ3n) is 3.15. The molecule has 7 heteroatoms. The van der Waals surface area contributed by atoms with Crippen LogP contribution in [0.3, 0.4) is 0 Å². The topological polar surface area (TPSA) is 59.9 Å². The minimum Gasteiger partial charge on any atom is -0.493 e. The number of carbonyl (C=O) groups is 1. The van der Waals surface area contributed by atoms with Gasteiger partial charge in [-0.1, -0.05) is 31.9 Å². The number of hydrogen-bond acceptors (Lipinski definition) is 4. The number of hydrazone groups is 1. The van der Waals surface area contributed by atoms with Gasteiger partial charge in [-0.15, -0.1) is 0 Å². The van der Waals surface area contributed by atoms with Crippen LogP contribution in [0, 0.1) is 0 Å². The Balaban J connectivity index is 1.95. The first-order chi connectivity index (χ1) is 12.0. The number of amides is 1. The molecular weight excluding hydrogens is 452 g/mol. The first-order valence-electron chi connectivity index (χ1n) is 7.67. The average molecular weight is 470 g/mol. The predicted molar refractivity (Wildman–Crippen MR) is 105 cm³/mol. The second kappa shape index (κ2) is 9.58. The molecule has 0 aliphatic rings. The van der Waals surface area contributed by atoms with E-state index in [9.17, 15) is 4.79 Å². The lowest BCUT2D eigenvalue weighted by atomic mass is 10.2. The van der Waals surface area contributed by atoms with Gasteiger partial charge in [-0.2, -0.15) is 5.10 Å². The first kappa shape index (κ1) is 19.5. The summed E-state index contributed by atoms with van der Waals surface area (Å²) in [5.41, 5.74) is 3.24. The molecule has 0 bridgehead atoms. The minimum atomic E-state index is -0.674. The molecule has 2 aromatic carbocycles. The number of benzene rings is 2. The Labute approximate surface area is 163 Å². The molecule has 5 nitrogen and oxygen atoms in total. The number of carbonyl (C=O) groups excluding carboxylic acids is 1. The van der Waals surface area contributed by atoms with Crippen molar-refractivity contribution in [2.75, 3.05) is 6.61 Å². The first-order valence-corrected chi connectivity index (χ1v) is 9.25. The Kier molecular flexibility index (Phi) is 7.46. The molecule has 0 aliphatic heterocycles. The van der Waals surface area contributed by atoms with Gasteiger partial charge < -0.3 is 9.47 Å². The quantitative estimate of drug-likeness (QED) is 0.478. The molecule has 0 heterocycles. The zero-order valence-electron chi connectivity index (χ0n) is 13.8. The van der Waals surface area contributed by atoms with E-state index in [-0.39, 0.29) is 5.91 Å². The Morgan fingerprint density at radius 3 is 2.56 bits per heavy atom. The number of nitrogens with one attached hydrogen (secondary N) is 1. The zero-order chi connectivity index (χ0) is 18.2. The average Bonchev–Trinajstić information content (AvgIpc) is 2.59. The van der Waals surface area contributed by atoms with E-state index in [1.54, 1.807) is 25.3 Å². The Morgan fingerprint density at radius 2 is 1.88 bits per heavy atom. The van der Waals surface area contributed by atoms with Crippen LogP contribution in [0.5, 0.6) is 11.5 Å². The van der Waals surface area contributed by atoms with Crippen LogP contribution in [0.1, 0.15) is 19.4 Å². The molecule has 25 heavy (non-hydrogen) atoms. The van der Waals surface area contributed by atoms with Gasteiger partial charge in [0.2, 0.25) is 0 Å². The summed E-state index contributed by atoms with van der Waals surface area (Å²) in [7, 11) is 0. The zero-order valence-corrected chi connectivity index (χ0v) is 17.0. The number of halogens is 2.